The van der Waals surface area contributed by atoms with Crippen LogP contribution in [0.2, 0.25) is 0 Å². The molecule has 0 unspecified atom stereocenters. The van der Waals surface area contributed by atoms with Gasteiger partial charge in [0, 0.05) is 11.5 Å². The number of hydrogen-bond acceptors (Lipinski definition) is 0. The smallest absolute Gasteiger partial charge is 0.0245 e. The summed E-state index contributed by atoms with van der Waals surface area (Å²) < 4.78 is 0. The van der Waals surface area contributed by atoms with Crippen LogP contribution in [-0.2, 0) is 6.42 Å². The average molecular weight is 421 g/mol. The second-order valence-electron chi connectivity index (χ2n) is 10.7. The molecule has 2 aliphatic rings. The zero-order valence-electron chi connectivity index (χ0n) is 20.6. The minimum Gasteiger partial charge on any atom is -0.0945 e. The Bertz CT molecular complexity index is 642. The first-order valence-corrected chi connectivity index (χ1v) is 13.9. The third-order valence-electron chi connectivity index (χ3n) is 8.24. The molecular formula is C31H48. The van der Waals surface area contributed by atoms with Crippen LogP contribution < -0.4 is 0 Å². The summed E-state index contributed by atoms with van der Waals surface area (Å²) in [6, 6.07) is 9.08. The maximum absolute atomic E-state index is 3.63. The van der Waals surface area contributed by atoms with Crippen molar-refractivity contribution in [3.05, 3.63) is 35.4 Å². The zero-order valence-corrected chi connectivity index (χ0v) is 20.6. The van der Waals surface area contributed by atoms with E-state index in [1.165, 1.54) is 120 Å². The molecule has 0 spiro atoms. The van der Waals surface area contributed by atoms with E-state index in [4.69, 9.17) is 0 Å². The second kappa shape index (κ2) is 14.0. The third-order valence-corrected chi connectivity index (χ3v) is 8.24. The Labute approximate surface area is 194 Å². The van der Waals surface area contributed by atoms with Crippen LogP contribution in [-0.4, -0.2) is 0 Å². The molecule has 1 aromatic carbocycles. The summed E-state index contributed by atoms with van der Waals surface area (Å²) in [5, 5.41) is 0. The number of rotatable bonds is 10. The molecule has 1 aromatic rings. The maximum atomic E-state index is 3.63. The van der Waals surface area contributed by atoms with Gasteiger partial charge in [-0.15, -0.1) is 0 Å². The Balaban J connectivity index is 1.35. The summed E-state index contributed by atoms with van der Waals surface area (Å²) in [5.41, 5.74) is 2.68. The zero-order chi connectivity index (χ0) is 21.7. The lowest BCUT2D eigenvalue weighted by Gasteiger charge is -2.37. The topological polar surface area (TPSA) is 0 Å². The van der Waals surface area contributed by atoms with Gasteiger partial charge in [0.2, 0.25) is 0 Å². The first-order chi connectivity index (χ1) is 15.3. The van der Waals surface area contributed by atoms with Crippen LogP contribution in [0.15, 0.2) is 24.3 Å². The van der Waals surface area contributed by atoms with Crippen molar-refractivity contribution in [1.82, 2.24) is 0 Å². The fraction of sp³-hybridized carbons (Fsp3) is 0.742. The van der Waals surface area contributed by atoms with Gasteiger partial charge in [-0.25, -0.2) is 0 Å². The highest BCUT2D eigenvalue weighted by atomic mass is 14.3. The van der Waals surface area contributed by atoms with Crippen molar-refractivity contribution in [3.8, 4) is 11.8 Å². The third kappa shape index (κ3) is 8.67. The first kappa shape index (κ1) is 24.4. The Morgan fingerprint density at radius 3 is 1.94 bits per heavy atom. The quantitative estimate of drug-likeness (QED) is 0.261. The standard InChI is InChI=1S/C31H48/c1-3-5-7-9-11-26-12-14-28(15-13-26)16-17-29-20-24-31(25-21-29)30-22-18-27(19-23-30)10-8-6-4-2/h12-15,27,29-31H,3-11,18-25H2,1-2H3/t27-,29?,30-,31?. The Morgan fingerprint density at radius 2 is 1.29 bits per heavy atom. The van der Waals surface area contributed by atoms with Gasteiger partial charge in [-0.1, -0.05) is 95.6 Å². The fourth-order valence-electron chi connectivity index (χ4n) is 6.06. The molecule has 0 atom stereocenters. The summed E-state index contributed by atoms with van der Waals surface area (Å²) >= 11 is 0. The maximum Gasteiger partial charge on any atom is 0.0245 e. The molecule has 0 heterocycles. The van der Waals surface area contributed by atoms with Gasteiger partial charge >= 0.3 is 0 Å². The Hall–Kier alpha value is -1.22. The van der Waals surface area contributed by atoms with Gasteiger partial charge in [-0.3, -0.25) is 0 Å². The number of benzene rings is 1. The molecule has 0 saturated heterocycles. The summed E-state index contributed by atoms with van der Waals surface area (Å²) in [6.07, 6.45) is 24.0. The van der Waals surface area contributed by atoms with E-state index in [9.17, 15) is 0 Å². The second-order valence-corrected chi connectivity index (χ2v) is 10.7. The van der Waals surface area contributed by atoms with Crippen LogP contribution >= 0.6 is 0 Å². The van der Waals surface area contributed by atoms with Crippen LogP contribution in [0.1, 0.15) is 128 Å². The van der Waals surface area contributed by atoms with Gasteiger partial charge in [0.1, 0.15) is 0 Å². The molecule has 2 saturated carbocycles. The molecule has 0 radical (unpaired) electrons. The predicted molar refractivity (Wildman–Crippen MR) is 136 cm³/mol. The molecule has 3 rings (SSSR count). The van der Waals surface area contributed by atoms with Crippen LogP contribution in [0.25, 0.3) is 0 Å². The summed E-state index contributed by atoms with van der Waals surface area (Å²) in [4.78, 5) is 0. The molecule has 0 heteroatoms. The molecule has 0 N–H and O–H groups in total. The molecule has 2 fully saturated rings. The van der Waals surface area contributed by atoms with Gasteiger partial charge in [-0.2, -0.15) is 0 Å². The van der Waals surface area contributed by atoms with Crippen molar-refractivity contribution >= 4 is 0 Å². The van der Waals surface area contributed by atoms with Crippen LogP contribution in [0.3, 0.4) is 0 Å². The highest BCUT2D eigenvalue weighted by Crippen LogP contribution is 2.42. The van der Waals surface area contributed by atoms with E-state index in [-0.39, 0.29) is 0 Å². The summed E-state index contributed by atoms with van der Waals surface area (Å²) in [7, 11) is 0. The van der Waals surface area contributed by atoms with E-state index in [0.717, 1.165) is 17.8 Å². The molecule has 0 bridgehead atoms. The Morgan fingerprint density at radius 1 is 0.677 bits per heavy atom. The number of aryl methyl sites for hydroxylation is 1. The van der Waals surface area contributed by atoms with E-state index in [1.807, 2.05) is 0 Å². The van der Waals surface area contributed by atoms with Crippen molar-refractivity contribution in [2.45, 2.75) is 123 Å². The number of hydrogen-bond donors (Lipinski definition) is 0. The lowest BCUT2D eigenvalue weighted by atomic mass is 9.69. The van der Waals surface area contributed by atoms with Crippen molar-refractivity contribution in [2.75, 3.05) is 0 Å². The van der Waals surface area contributed by atoms with Crippen molar-refractivity contribution in [2.24, 2.45) is 23.7 Å². The summed E-state index contributed by atoms with van der Waals surface area (Å²) in [6.45, 7) is 4.60. The van der Waals surface area contributed by atoms with Crippen molar-refractivity contribution in [3.63, 3.8) is 0 Å². The summed E-state index contributed by atoms with van der Waals surface area (Å²) in [5.74, 6) is 10.8. The lowest BCUT2D eigenvalue weighted by molar-refractivity contribution is 0.153. The van der Waals surface area contributed by atoms with Crippen LogP contribution in [0.5, 0.6) is 0 Å². The first-order valence-electron chi connectivity index (χ1n) is 13.9. The highest BCUT2D eigenvalue weighted by Gasteiger charge is 2.30. The SMILES string of the molecule is CCCCCCc1ccc(C#CC2CCC([C@H]3CC[C@H](CCCCC)CC3)CC2)cc1. The van der Waals surface area contributed by atoms with Gasteiger partial charge in [-0.05, 0) is 86.8 Å². The molecule has 172 valence electrons. The van der Waals surface area contributed by atoms with E-state index < -0.39 is 0 Å². The van der Waals surface area contributed by atoms with E-state index in [2.05, 4.69) is 50.0 Å². The van der Waals surface area contributed by atoms with Gasteiger partial charge < -0.3 is 0 Å². The minimum absolute atomic E-state index is 0.635. The molecule has 31 heavy (non-hydrogen) atoms. The van der Waals surface area contributed by atoms with E-state index in [1.54, 1.807) is 0 Å². The molecular weight excluding hydrogens is 372 g/mol. The Kier molecular flexibility index (Phi) is 11.1. The molecule has 0 nitrogen and oxygen atoms in total. The normalized spacial score (nSPS) is 26.3. The van der Waals surface area contributed by atoms with Crippen molar-refractivity contribution in [1.29, 1.82) is 0 Å². The van der Waals surface area contributed by atoms with Gasteiger partial charge in [0.25, 0.3) is 0 Å². The minimum atomic E-state index is 0.635. The molecule has 2 aliphatic carbocycles. The number of unbranched alkanes of at least 4 members (excludes halogenated alkanes) is 5. The molecule has 0 aliphatic heterocycles. The monoisotopic (exact) mass is 420 g/mol. The van der Waals surface area contributed by atoms with Gasteiger partial charge in [0.15, 0.2) is 0 Å². The molecule has 0 aromatic heterocycles. The largest absolute Gasteiger partial charge is 0.0945 e. The predicted octanol–water partition coefficient (Wildman–Crippen LogP) is 9.35. The van der Waals surface area contributed by atoms with Crippen LogP contribution in [0, 0.1) is 35.5 Å². The van der Waals surface area contributed by atoms with E-state index >= 15 is 0 Å². The fourth-order valence-corrected chi connectivity index (χ4v) is 6.06. The van der Waals surface area contributed by atoms with Gasteiger partial charge in [0.05, 0.1) is 0 Å². The van der Waals surface area contributed by atoms with E-state index in [0.29, 0.717) is 5.92 Å². The van der Waals surface area contributed by atoms with Crippen molar-refractivity contribution < 1.29 is 0 Å². The lowest BCUT2D eigenvalue weighted by Crippen LogP contribution is -2.25. The van der Waals surface area contributed by atoms with Crippen LogP contribution in [0.4, 0.5) is 0 Å². The average Bonchev–Trinajstić information content (AvgIpc) is 2.82. The highest BCUT2D eigenvalue weighted by molar-refractivity contribution is 5.36. The molecule has 0 amide bonds.